The quantitative estimate of drug-likeness (QED) is 0.851. The van der Waals surface area contributed by atoms with Crippen LogP contribution >= 0.6 is 15.9 Å². The van der Waals surface area contributed by atoms with Crippen molar-refractivity contribution in [3.63, 3.8) is 0 Å². The maximum atomic E-state index is 11.4. The number of hydrogen-bond acceptors (Lipinski definition) is 3. The summed E-state index contributed by atoms with van der Waals surface area (Å²) in [6.45, 7) is 1.45. The van der Waals surface area contributed by atoms with Crippen LogP contribution in [-0.2, 0) is 20.7 Å². The molecule has 86 valence electrons. The Morgan fingerprint density at radius 1 is 1.38 bits per heavy atom. The zero-order valence-electron chi connectivity index (χ0n) is 8.77. The van der Waals surface area contributed by atoms with E-state index in [4.69, 9.17) is 10.5 Å². The highest BCUT2D eigenvalue weighted by Gasteiger charge is 2.14. The van der Waals surface area contributed by atoms with Gasteiger partial charge in [-0.1, -0.05) is 28.1 Å². The van der Waals surface area contributed by atoms with E-state index in [0.29, 0.717) is 0 Å². The second kappa shape index (κ2) is 5.65. The summed E-state index contributed by atoms with van der Waals surface area (Å²) in [7, 11) is 0. The molecule has 0 aliphatic carbocycles. The molecular formula is C11H12BrNO3. The Hall–Kier alpha value is -1.36. The van der Waals surface area contributed by atoms with Crippen LogP contribution in [0.15, 0.2) is 28.7 Å². The molecule has 0 saturated carbocycles. The Morgan fingerprint density at radius 2 is 1.94 bits per heavy atom. The van der Waals surface area contributed by atoms with E-state index in [1.165, 1.54) is 6.92 Å². The minimum Gasteiger partial charge on any atom is -0.452 e. The van der Waals surface area contributed by atoms with Crippen molar-refractivity contribution in [2.24, 2.45) is 5.73 Å². The van der Waals surface area contributed by atoms with Crippen LogP contribution in [0.4, 0.5) is 0 Å². The first-order valence-electron chi connectivity index (χ1n) is 4.72. The maximum Gasteiger partial charge on any atom is 0.311 e. The molecule has 0 heterocycles. The van der Waals surface area contributed by atoms with Gasteiger partial charge < -0.3 is 10.5 Å². The standard InChI is InChI=1S/C11H12BrNO3/c1-7(11(13)15)16-10(14)6-8-2-4-9(12)5-3-8/h2-5,7H,6H2,1H3,(H2,13,15)/t7-/m1/s1. The molecule has 0 saturated heterocycles. The zero-order chi connectivity index (χ0) is 12.1. The topological polar surface area (TPSA) is 69.4 Å². The van der Waals surface area contributed by atoms with Gasteiger partial charge in [-0.3, -0.25) is 9.59 Å². The first-order chi connectivity index (χ1) is 7.49. The number of benzene rings is 1. The second-order valence-electron chi connectivity index (χ2n) is 3.34. The van der Waals surface area contributed by atoms with Crippen LogP contribution < -0.4 is 5.73 Å². The highest BCUT2D eigenvalue weighted by atomic mass is 79.9. The first-order valence-corrected chi connectivity index (χ1v) is 5.51. The molecule has 0 radical (unpaired) electrons. The number of esters is 1. The van der Waals surface area contributed by atoms with Gasteiger partial charge in [-0.15, -0.1) is 0 Å². The third-order valence-corrected chi connectivity index (χ3v) is 2.50. The van der Waals surface area contributed by atoms with Crippen LogP contribution in [-0.4, -0.2) is 18.0 Å². The second-order valence-corrected chi connectivity index (χ2v) is 4.25. The van der Waals surface area contributed by atoms with Gasteiger partial charge >= 0.3 is 5.97 Å². The summed E-state index contributed by atoms with van der Waals surface area (Å²) in [5.74, 6) is -1.11. The molecule has 0 spiro atoms. The van der Waals surface area contributed by atoms with E-state index in [9.17, 15) is 9.59 Å². The summed E-state index contributed by atoms with van der Waals surface area (Å²) in [4.78, 5) is 22.0. The SMILES string of the molecule is C[C@@H](OC(=O)Cc1ccc(Br)cc1)C(N)=O. The molecule has 0 unspecified atom stereocenters. The van der Waals surface area contributed by atoms with E-state index in [1.807, 2.05) is 12.1 Å². The van der Waals surface area contributed by atoms with Crippen molar-refractivity contribution in [1.29, 1.82) is 0 Å². The third kappa shape index (κ3) is 4.02. The minimum atomic E-state index is -0.886. The zero-order valence-corrected chi connectivity index (χ0v) is 10.4. The van der Waals surface area contributed by atoms with Crippen LogP contribution in [0.5, 0.6) is 0 Å². The van der Waals surface area contributed by atoms with Crippen LogP contribution in [0.2, 0.25) is 0 Å². The predicted molar refractivity (Wildman–Crippen MR) is 62.6 cm³/mol. The summed E-state index contributed by atoms with van der Waals surface area (Å²) < 4.78 is 5.76. The number of halogens is 1. The summed E-state index contributed by atoms with van der Waals surface area (Å²) in [6, 6.07) is 7.28. The molecule has 0 bridgehead atoms. The lowest BCUT2D eigenvalue weighted by Crippen LogP contribution is -2.30. The summed E-state index contributed by atoms with van der Waals surface area (Å²) in [6.07, 6.45) is -0.756. The molecule has 1 atom stereocenters. The summed E-state index contributed by atoms with van der Waals surface area (Å²) in [5, 5.41) is 0. The number of carbonyl (C=O) groups excluding carboxylic acids is 2. The Bertz CT molecular complexity index is 389. The average molecular weight is 286 g/mol. The van der Waals surface area contributed by atoms with Gasteiger partial charge in [-0.2, -0.15) is 0 Å². The van der Waals surface area contributed by atoms with Gasteiger partial charge in [0, 0.05) is 4.47 Å². The third-order valence-electron chi connectivity index (χ3n) is 1.97. The fraction of sp³-hybridized carbons (Fsp3) is 0.273. The molecule has 5 heteroatoms. The van der Waals surface area contributed by atoms with E-state index in [2.05, 4.69) is 15.9 Å². The lowest BCUT2D eigenvalue weighted by atomic mass is 10.1. The Labute approximate surface area is 102 Å². The first kappa shape index (κ1) is 12.7. The van der Waals surface area contributed by atoms with Crippen molar-refractivity contribution in [3.8, 4) is 0 Å². The van der Waals surface area contributed by atoms with E-state index in [0.717, 1.165) is 10.0 Å². The molecular weight excluding hydrogens is 274 g/mol. The van der Waals surface area contributed by atoms with Crippen molar-refractivity contribution in [3.05, 3.63) is 34.3 Å². The van der Waals surface area contributed by atoms with Gasteiger partial charge in [0.2, 0.25) is 0 Å². The van der Waals surface area contributed by atoms with Crippen molar-refractivity contribution >= 4 is 27.8 Å². The molecule has 1 aromatic rings. The monoisotopic (exact) mass is 285 g/mol. The average Bonchev–Trinajstić information content (AvgIpc) is 2.21. The molecule has 0 aliphatic heterocycles. The normalized spacial score (nSPS) is 11.9. The Morgan fingerprint density at radius 3 is 2.44 bits per heavy atom. The summed E-state index contributed by atoms with van der Waals surface area (Å²) in [5.41, 5.74) is 5.80. The molecule has 0 aromatic heterocycles. The van der Waals surface area contributed by atoms with Crippen LogP contribution in [0.3, 0.4) is 0 Å². The van der Waals surface area contributed by atoms with Gasteiger partial charge in [0.15, 0.2) is 6.10 Å². The fourth-order valence-electron chi connectivity index (χ4n) is 1.07. The van der Waals surface area contributed by atoms with Gasteiger partial charge in [0.05, 0.1) is 6.42 Å². The van der Waals surface area contributed by atoms with E-state index in [1.54, 1.807) is 12.1 Å². The van der Waals surface area contributed by atoms with Gasteiger partial charge in [0.1, 0.15) is 0 Å². The van der Waals surface area contributed by atoms with E-state index < -0.39 is 18.0 Å². The Kier molecular flexibility index (Phi) is 4.49. The molecule has 1 rings (SSSR count). The van der Waals surface area contributed by atoms with E-state index >= 15 is 0 Å². The van der Waals surface area contributed by atoms with E-state index in [-0.39, 0.29) is 6.42 Å². The molecule has 1 aromatic carbocycles. The van der Waals surface area contributed by atoms with Crippen molar-refractivity contribution in [2.75, 3.05) is 0 Å². The number of nitrogens with two attached hydrogens (primary N) is 1. The van der Waals surface area contributed by atoms with Gasteiger partial charge in [-0.25, -0.2) is 0 Å². The number of carbonyl (C=O) groups is 2. The summed E-state index contributed by atoms with van der Waals surface area (Å²) >= 11 is 3.29. The van der Waals surface area contributed by atoms with Gasteiger partial charge in [-0.05, 0) is 24.6 Å². The lowest BCUT2D eigenvalue weighted by Gasteiger charge is -2.09. The highest BCUT2D eigenvalue weighted by molar-refractivity contribution is 9.10. The lowest BCUT2D eigenvalue weighted by molar-refractivity contribution is -0.153. The molecule has 1 amide bonds. The molecule has 16 heavy (non-hydrogen) atoms. The van der Waals surface area contributed by atoms with Crippen LogP contribution in [0, 0.1) is 0 Å². The fourth-order valence-corrected chi connectivity index (χ4v) is 1.33. The molecule has 0 aliphatic rings. The predicted octanol–water partition coefficient (Wildman–Crippen LogP) is 1.41. The number of hydrogen-bond donors (Lipinski definition) is 1. The largest absolute Gasteiger partial charge is 0.452 e. The van der Waals surface area contributed by atoms with Crippen LogP contribution in [0.1, 0.15) is 12.5 Å². The van der Waals surface area contributed by atoms with Crippen molar-refractivity contribution in [1.82, 2.24) is 0 Å². The Balaban J connectivity index is 2.52. The van der Waals surface area contributed by atoms with Crippen LogP contribution in [0.25, 0.3) is 0 Å². The number of ether oxygens (including phenoxy) is 1. The number of rotatable bonds is 4. The van der Waals surface area contributed by atoms with Crippen molar-refractivity contribution in [2.45, 2.75) is 19.4 Å². The molecule has 4 nitrogen and oxygen atoms in total. The highest BCUT2D eigenvalue weighted by Crippen LogP contribution is 2.11. The molecule has 0 fully saturated rings. The van der Waals surface area contributed by atoms with Crippen molar-refractivity contribution < 1.29 is 14.3 Å². The number of amides is 1. The molecule has 2 N–H and O–H groups in total. The smallest absolute Gasteiger partial charge is 0.311 e. The minimum absolute atomic E-state index is 0.130. The number of primary amides is 1. The maximum absolute atomic E-state index is 11.4. The van der Waals surface area contributed by atoms with Gasteiger partial charge in [0.25, 0.3) is 5.91 Å².